The molecule has 1 aliphatic rings. The number of aryl methyl sites for hydroxylation is 1. The molecule has 1 aliphatic heterocycles. The standard InChI is InChI=1S/C21H24N4O2/c1-15-20(17-5-2-3-6-18(17)23-15)21(27)25-10-4-9-24(11-12-25)19(26)13-16-7-8-22-14-16/h2-3,5-8,14,22-23H,4,9-13H2,1H3. The minimum absolute atomic E-state index is 0.0462. The van der Waals surface area contributed by atoms with Crippen molar-refractivity contribution in [1.29, 1.82) is 0 Å². The largest absolute Gasteiger partial charge is 0.367 e. The number of rotatable bonds is 3. The number of H-pyrrole nitrogens is 2. The van der Waals surface area contributed by atoms with Gasteiger partial charge in [-0.25, -0.2) is 0 Å². The summed E-state index contributed by atoms with van der Waals surface area (Å²) >= 11 is 0. The number of carbonyl (C=O) groups is 2. The van der Waals surface area contributed by atoms with Crippen molar-refractivity contribution in [3.63, 3.8) is 0 Å². The monoisotopic (exact) mass is 364 g/mol. The first-order chi connectivity index (χ1) is 13.1. The highest BCUT2D eigenvalue weighted by Gasteiger charge is 2.25. The van der Waals surface area contributed by atoms with Crippen molar-refractivity contribution < 1.29 is 9.59 Å². The normalized spacial score (nSPS) is 15.1. The Morgan fingerprint density at radius 3 is 2.63 bits per heavy atom. The minimum Gasteiger partial charge on any atom is -0.367 e. The van der Waals surface area contributed by atoms with E-state index in [9.17, 15) is 9.59 Å². The van der Waals surface area contributed by atoms with Crippen LogP contribution in [0.5, 0.6) is 0 Å². The van der Waals surface area contributed by atoms with Gasteiger partial charge in [0.25, 0.3) is 5.91 Å². The van der Waals surface area contributed by atoms with Crippen molar-refractivity contribution in [1.82, 2.24) is 19.8 Å². The summed E-state index contributed by atoms with van der Waals surface area (Å²) in [5, 5.41) is 0.963. The van der Waals surface area contributed by atoms with Crippen molar-refractivity contribution in [2.75, 3.05) is 26.2 Å². The van der Waals surface area contributed by atoms with Crippen LogP contribution in [-0.2, 0) is 11.2 Å². The fraction of sp³-hybridized carbons (Fsp3) is 0.333. The topological polar surface area (TPSA) is 72.2 Å². The third-order valence-electron chi connectivity index (χ3n) is 5.26. The number of carbonyl (C=O) groups excluding carboxylic acids is 2. The Morgan fingerprint density at radius 1 is 1.04 bits per heavy atom. The summed E-state index contributed by atoms with van der Waals surface area (Å²) in [6, 6.07) is 9.81. The third kappa shape index (κ3) is 3.47. The van der Waals surface area contributed by atoms with Crippen LogP contribution in [0.15, 0.2) is 42.7 Å². The van der Waals surface area contributed by atoms with Crippen molar-refractivity contribution >= 4 is 22.7 Å². The van der Waals surface area contributed by atoms with Gasteiger partial charge in [0.1, 0.15) is 0 Å². The number of hydrogen-bond acceptors (Lipinski definition) is 2. The van der Waals surface area contributed by atoms with Crippen molar-refractivity contribution in [3.8, 4) is 0 Å². The van der Waals surface area contributed by atoms with Crippen molar-refractivity contribution in [2.45, 2.75) is 19.8 Å². The van der Waals surface area contributed by atoms with Gasteiger partial charge in [-0.05, 0) is 31.0 Å². The molecular formula is C21H24N4O2. The first kappa shape index (κ1) is 17.4. The van der Waals surface area contributed by atoms with Gasteiger partial charge in [-0.15, -0.1) is 0 Å². The van der Waals surface area contributed by atoms with Gasteiger partial charge in [0.05, 0.1) is 12.0 Å². The summed E-state index contributed by atoms with van der Waals surface area (Å²) in [7, 11) is 0. The van der Waals surface area contributed by atoms with Gasteiger partial charge in [-0.1, -0.05) is 18.2 Å². The van der Waals surface area contributed by atoms with E-state index in [0.717, 1.165) is 34.1 Å². The molecule has 0 bridgehead atoms. The van der Waals surface area contributed by atoms with Crippen LogP contribution < -0.4 is 0 Å². The number of hydrogen-bond donors (Lipinski definition) is 2. The van der Waals surface area contributed by atoms with E-state index in [4.69, 9.17) is 0 Å². The zero-order valence-corrected chi connectivity index (χ0v) is 15.5. The second kappa shape index (κ2) is 7.31. The maximum absolute atomic E-state index is 13.2. The SMILES string of the molecule is Cc1[nH]c2ccccc2c1C(=O)N1CCCN(C(=O)Cc2cc[nH]c2)CC1. The molecule has 27 heavy (non-hydrogen) atoms. The van der Waals surface area contributed by atoms with E-state index in [2.05, 4.69) is 9.97 Å². The first-order valence-corrected chi connectivity index (χ1v) is 9.39. The molecule has 2 aromatic heterocycles. The molecule has 0 spiro atoms. The molecule has 2 N–H and O–H groups in total. The zero-order chi connectivity index (χ0) is 18.8. The van der Waals surface area contributed by atoms with E-state index in [-0.39, 0.29) is 11.8 Å². The Bertz CT molecular complexity index is 958. The average Bonchev–Trinajstić information content (AvgIpc) is 3.20. The van der Waals surface area contributed by atoms with E-state index in [1.165, 1.54) is 0 Å². The smallest absolute Gasteiger partial charge is 0.256 e. The molecule has 0 unspecified atom stereocenters. The Hall–Kier alpha value is -3.02. The number of nitrogens with one attached hydrogen (secondary N) is 2. The predicted molar refractivity (Wildman–Crippen MR) is 105 cm³/mol. The summed E-state index contributed by atoms with van der Waals surface area (Å²) in [5.41, 5.74) is 3.62. The Kier molecular flexibility index (Phi) is 4.71. The fourth-order valence-corrected chi connectivity index (χ4v) is 3.84. The molecule has 2 amide bonds. The highest BCUT2D eigenvalue weighted by molar-refractivity contribution is 6.08. The first-order valence-electron chi connectivity index (χ1n) is 9.39. The lowest BCUT2D eigenvalue weighted by Gasteiger charge is -2.22. The van der Waals surface area contributed by atoms with Crippen LogP contribution in [0, 0.1) is 6.92 Å². The summed E-state index contributed by atoms with van der Waals surface area (Å²) < 4.78 is 0. The highest BCUT2D eigenvalue weighted by atomic mass is 16.2. The van der Waals surface area contributed by atoms with Crippen molar-refractivity contribution in [3.05, 3.63) is 59.5 Å². The van der Waals surface area contributed by atoms with Crippen molar-refractivity contribution in [2.24, 2.45) is 0 Å². The van der Waals surface area contributed by atoms with Crippen LogP contribution in [0.2, 0.25) is 0 Å². The molecule has 4 rings (SSSR count). The minimum atomic E-state index is 0.0462. The van der Waals surface area contributed by atoms with Gasteiger partial charge < -0.3 is 19.8 Å². The number of aromatic amines is 2. The quantitative estimate of drug-likeness (QED) is 0.750. The fourth-order valence-electron chi connectivity index (χ4n) is 3.84. The lowest BCUT2D eigenvalue weighted by molar-refractivity contribution is -0.130. The number of benzene rings is 1. The zero-order valence-electron chi connectivity index (χ0n) is 15.5. The van der Waals surface area contributed by atoms with Crippen LogP contribution in [0.25, 0.3) is 10.9 Å². The third-order valence-corrected chi connectivity index (χ3v) is 5.26. The summed E-state index contributed by atoms with van der Waals surface area (Å²) in [4.78, 5) is 35.8. The predicted octanol–water partition coefficient (Wildman–Crippen LogP) is 2.72. The second-order valence-electron chi connectivity index (χ2n) is 7.09. The maximum atomic E-state index is 13.2. The highest BCUT2D eigenvalue weighted by Crippen LogP contribution is 2.24. The molecule has 6 heteroatoms. The van der Waals surface area contributed by atoms with Gasteiger partial charge in [0.15, 0.2) is 0 Å². The van der Waals surface area contributed by atoms with Gasteiger partial charge in [-0.3, -0.25) is 9.59 Å². The van der Waals surface area contributed by atoms with Gasteiger partial charge >= 0.3 is 0 Å². The molecule has 140 valence electrons. The maximum Gasteiger partial charge on any atom is 0.256 e. The van der Waals surface area contributed by atoms with E-state index >= 15 is 0 Å². The number of fused-ring (bicyclic) bond motifs is 1. The van der Waals surface area contributed by atoms with E-state index in [1.807, 2.05) is 59.4 Å². The number of amides is 2. The molecule has 6 nitrogen and oxygen atoms in total. The van der Waals surface area contributed by atoms with Crippen LogP contribution in [0.3, 0.4) is 0 Å². The molecule has 0 aliphatic carbocycles. The molecule has 1 aromatic carbocycles. The van der Waals surface area contributed by atoms with E-state index in [0.29, 0.717) is 32.6 Å². The molecule has 0 saturated carbocycles. The van der Waals surface area contributed by atoms with Crippen LogP contribution in [0.4, 0.5) is 0 Å². The summed E-state index contributed by atoms with van der Waals surface area (Å²) in [5.74, 6) is 0.164. The molecule has 3 heterocycles. The van der Waals surface area contributed by atoms with Gasteiger partial charge in [-0.2, -0.15) is 0 Å². The molecule has 0 atom stereocenters. The Balaban J connectivity index is 1.47. The Labute approximate surface area is 158 Å². The molecule has 0 radical (unpaired) electrons. The van der Waals surface area contributed by atoms with Gasteiger partial charge in [0.2, 0.25) is 5.91 Å². The molecule has 3 aromatic rings. The lowest BCUT2D eigenvalue weighted by Crippen LogP contribution is -2.38. The lowest BCUT2D eigenvalue weighted by atomic mass is 10.1. The average molecular weight is 364 g/mol. The molecule has 1 fully saturated rings. The molecule has 1 saturated heterocycles. The number of para-hydroxylation sites is 1. The second-order valence-corrected chi connectivity index (χ2v) is 7.09. The molecular weight excluding hydrogens is 340 g/mol. The summed E-state index contributed by atoms with van der Waals surface area (Å²) in [6.07, 6.45) is 4.88. The Morgan fingerprint density at radius 2 is 1.81 bits per heavy atom. The van der Waals surface area contributed by atoms with E-state index < -0.39 is 0 Å². The van der Waals surface area contributed by atoms with Crippen LogP contribution >= 0.6 is 0 Å². The van der Waals surface area contributed by atoms with Crippen LogP contribution in [-0.4, -0.2) is 57.8 Å². The number of nitrogens with zero attached hydrogens (tertiary/aromatic N) is 2. The van der Waals surface area contributed by atoms with Crippen LogP contribution in [0.1, 0.15) is 28.0 Å². The van der Waals surface area contributed by atoms with E-state index in [1.54, 1.807) is 0 Å². The van der Waals surface area contributed by atoms with Gasteiger partial charge in [0, 0.05) is 55.2 Å². The summed E-state index contributed by atoms with van der Waals surface area (Å²) in [6.45, 7) is 4.45. The number of aromatic nitrogens is 2.